The number of aryl methyl sites for hydroxylation is 2. The van der Waals surface area contributed by atoms with E-state index in [0.717, 1.165) is 0 Å². The molecule has 0 aliphatic rings. The normalized spacial score (nSPS) is 11.3. The van der Waals surface area contributed by atoms with E-state index in [-0.39, 0.29) is 0 Å². The van der Waals surface area contributed by atoms with E-state index in [2.05, 4.69) is 48.5 Å². The predicted octanol–water partition coefficient (Wildman–Crippen LogP) is 9.80. The van der Waals surface area contributed by atoms with Crippen LogP contribution in [0.25, 0.3) is 0 Å². The van der Waals surface area contributed by atoms with E-state index in [9.17, 15) is 0 Å². The number of halogens is 1. The summed E-state index contributed by atoms with van der Waals surface area (Å²) in [6, 6.07) is 2.31. The molecular weight excluding hydrogens is 430 g/mol. The summed E-state index contributed by atoms with van der Waals surface area (Å²) in [5, 5.41) is 0. The van der Waals surface area contributed by atoms with Gasteiger partial charge in [0.15, 0.2) is 12.4 Å². The Morgan fingerprint density at radius 3 is 1.30 bits per heavy atom. The Morgan fingerprint density at radius 1 is 0.567 bits per heavy atom. The molecule has 0 fully saturated rings. The van der Waals surface area contributed by atoms with Crippen LogP contribution in [0.4, 0.5) is 0 Å². The summed E-state index contributed by atoms with van der Waals surface area (Å²) in [6.45, 7) is 4.47. The lowest BCUT2D eigenvalue weighted by molar-refractivity contribution is -0.474. The predicted molar refractivity (Wildman–Crippen MR) is 137 cm³/mol. The molecule has 1 heterocycles. The fraction of sp³-hybridized carbons (Fsp3) is 0.821. The fourth-order valence-corrected chi connectivity index (χ4v) is 5.06. The summed E-state index contributed by atoms with van der Waals surface area (Å²) in [5.41, 5.74) is 2.78. The average molecular weight is 482 g/mol. The standard InChI is InChI=1S/C28H51BrN/c1-3-4-5-6-7-8-9-10-11-12-13-14-15-16-17-18-19-20-21-22-23-28-24-27(2)25-30(29)26-28/h24-26H,3-23H2,1-2H3/q+1. The molecule has 0 aliphatic carbocycles. The van der Waals surface area contributed by atoms with Crippen molar-refractivity contribution in [3.8, 4) is 0 Å². The molecule has 1 aromatic rings. The van der Waals surface area contributed by atoms with Gasteiger partial charge in [0.2, 0.25) is 0 Å². The van der Waals surface area contributed by atoms with Crippen LogP contribution in [0.2, 0.25) is 0 Å². The number of unbranched alkanes of at least 4 members (excludes halogenated alkanes) is 19. The van der Waals surface area contributed by atoms with Gasteiger partial charge in [-0.25, -0.2) is 0 Å². The first-order chi connectivity index (χ1) is 14.7. The summed E-state index contributed by atoms with van der Waals surface area (Å²) in [7, 11) is 0. The van der Waals surface area contributed by atoms with Gasteiger partial charge in [-0.1, -0.05) is 129 Å². The molecule has 0 spiro atoms. The fourth-order valence-electron chi connectivity index (χ4n) is 4.48. The number of aromatic nitrogens is 1. The largest absolute Gasteiger partial charge is 0.331 e. The van der Waals surface area contributed by atoms with Gasteiger partial charge in [-0.15, -0.1) is 3.59 Å². The molecule has 0 unspecified atom stereocenters. The zero-order valence-electron chi connectivity index (χ0n) is 20.4. The summed E-state index contributed by atoms with van der Waals surface area (Å²) in [5.74, 6) is 0. The first-order valence-corrected chi connectivity index (χ1v) is 14.1. The van der Waals surface area contributed by atoms with Crippen molar-refractivity contribution in [1.82, 2.24) is 0 Å². The maximum atomic E-state index is 3.53. The van der Waals surface area contributed by atoms with Crippen LogP contribution in [0.3, 0.4) is 0 Å². The minimum Gasteiger partial charge on any atom is -0.129 e. The maximum absolute atomic E-state index is 3.53. The summed E-state index contributed by atoms with van der Waals surface area (Å²) in [6.07, 6.45) is 34.5. The molecule has 0 bridgehead atoms. The second-order valence-electron chi connectivity index (χ2n) is 9.53. The third-order valence-electron chi connectivity index (χ3n) is 6.35. The lowest BCUT2D eigenvalue weighted by Crippen LogP contribution is -2.19. The Kier molecular flexibility index (Phi) is 18.9. The van der Waals surface area contributed by atoms with Crippen molar-refractivity contribution in [3.63, 3.8) is 0 Å². The van der Waals surface area contributed by atoms with Gasteiger partial charge in [0, 0.05) is 11.1 Å². The molecule has 0 radical (unpaired) electrons. The molecule has 1 nitrogen and oxygen atoms in total. The van der Waals surface area contributed by atoms with Crippen LogP contribution in [0.15, 0.2) is 18.5 Å². The van der Waals surface area contributed by atoms with Crippen molar-refractivity contribution in [3.05, 3.63) is 29.6 Å². The molecule has 0 aromatic carbocycles. The van der Waals surface area contributed by atoms with Gasteiger partial charge < -0.3 is 0 Å². The Bertz CT molecular complexity index is 479. The van der Waals surface area contributed by atoms with Crippen molar-refractivity contribution < 1.29 is 3.59 Å². The van der Waals surface area contributed by atoms with Crippen molar-refractivity contribution in [1.29, 1.82) is 0 Å². The molecule has 0 amide bonds. The third-order valence-corrected chi connectivity index (χ3v) is 6.76. The number of pyridine rings is 1. The summed E-state index contributed by atoms with van der Waals surface area (Å²) < 4.78 is 2.01. The minimum atomic E-state index is 1.21. The molecule has 0 N–H and O–H groups in total. The molecular formula is C28H51BrN+. The van der Waals surface area contributed by atoms with Crippen molar-refractivity contribution in [2.24, 2.45) is 0 Å². The molecule has 1 rings (SSSR count). The molecule has 30 heavy (non-hydrogen) atoms. The third kappa shape index (κ3) is 17.3. The molecule has 2 heteroatoms. The van der Waals surface area contributed by atoms with Crippen LogP contribution in [-0.4, -0.2) is 0 Å². The van der Waals surface area contributed by atoms with Crippen LogP contribution >= 0.6 is 16.1 Å². The van der Waals surface area contributed by atoms with Crippen molar-refractivity contribution in [2.45, 2.75) is 149 Å². The van der Waals surface area contributed by atoms with E-state index in [1.165, 1.54) is 146 Å². The van der Waals surface area contributed by atoms with Crippen LogP contribution in [0.5, 0.6) is 0 Å². The van der Waals surface area contributed by atoms with E-state index in [4.69, 9.17) is 0 Å². The second kappa shape index (κ2) is 20.5. The quantitative estimate of drug-likeness (QED) is 0.154. The second-order valence-corrected chi connectivity index (χ2v) is 10.4. The first kappa shape index (κ1) is 27.7. The van der Waals surface area contributed by atoms with E-state index in [1.54, 1.807) is 0 Å². The van der Waals surface area contributed by atoms with E-state index in [0.29, 0.717) is 0 Å². The number of hydrogen-bond acceptors (Lipinski definition) is 0. The number of nitrogens with zero attached hydrogens (tertiary/aromatic N) is 1. The number of rotatable bonds is 21. The highest BCUT2D eigenvalue weighted by Crippen LogP contribution is 2.15. The Hall–Kier alpha value is -0.370. The van der Waals surface area contributed by atoms with E-state index < -0.39 is 0 Å². The van der Waals surface area contributed by atoms with Crippen LogP contribution in [0, 0.1) is 6.92 Å². The number of hydrogen-bond donors (Lipinski definition) is 0. The minimum absolute atomic E-state index is 1.21. The first-order valence-electron chi connectivity index (χ1n) is 13.4. The van der Waals surface area contributed by atoms with Gasteiger partial charge in [-0.2, -0.15) is 0 Å². The smallest absolute Gasteiger partial charge is 0.129 e. The zero-order valence-corrected chi connectivity index (χ0v) is 22.0. The zero-order chi connectivity index (χ0) is 21.7. The highest BCUT2D eigenvalue weighted by Gasteiger charge is 2.03. The molecule has 0 aliphatic heterocycles. The molecule has 0 atom stereocenters. The van der Waals surface area contributed by atoms with Crippen molar-refractivity contribution >= 4 is 16.1 Å². The van der Waals surface area contributed by atoms with Gasteiger partial charge in [0.05, 0.1) is 0 Å². The van der Waals surface area contributed by atoms with Gasteiger partial charge in [-0.3, -0.25) is 0 Å². The summed E-state index contributed by atoms with van der Waals surface area (Å²) in [4.78, 5) is 0. The molecule has 1 aromatic heterocycles. The SMILES string of the molecule is CCCCCCCCCCCCCCCCCCCCCCc1cc(C)c[n+](Br)c1. The Labute approximate surface area is 197 Å². The molecule has 0 saturated heterocycles. The molecule has 174 valence electrons. The summed E-state index contributed by atoms with van der Waals surface area (Å²) >= 11 is 3.53. The van der Waals surface area contributed by atoms with Gasteiger partial charge in [-0.05, 0) is 25.8 Å². The topological polar surface area (TPSA) is 3.88 Å². The highest BCUT2D eigenvalue weighted by atomic mass is 79.9. The van der Waals surface area contributed by atoms with E-state index in [1.807, 2.05) is 3.59 Å². The highest BCUT2D eigenvalue weighted by molar-refractivity contribution is 9.04. The monoisotopic (exact) mass is 480 g/mol. The van der Waals surface area contributed by atoms with Crippen molar-refractivity contribution in [2.75, 3.05) is 0 Å². The van der Waals surface area contributed by atoms with E-state index >= 15 is 0 Å². The van der Waals surface area contributed by atoms with Gasteiger partial charge in [0.1, 0.15) is 0 Å². The van der Waals surface area contributed by atoms with Gasteiger partial charge >= 0.3 is 16.1 Å². The van der Waals surface area contributed by atoms with Crippen LogP contribution in [0.1, 0.15) is 146 Å². The maximum Gasteiger partial charge on any atom is 0.331 e. The lowest BCUT2D eigenvalue weighted by Gasteiger charge is -2.04. The van der Waals surface area contributed by atoms with Crippen LogP contribution < -0.4 is 3.59 Å². The Morgan fingerprint density at radius 2 is 0.933 bits per heavy atom. The molecule has 0 saturated carbocycles. The van der Waals surface area contributed by atoms with Gasteiger partial charge in [0.25, 0.3) is 0 Å². The average Bonchev–Trinajstić information content (AvgIpc) is 2.71. The Balaban J connectivity index is 1.74. The lowest BCUT2D eigenvalue weighted by atomic mass is 10.0. The van der Waals surface area contributed by atoms with Crippen LogP contribution in [-0.2, 0) is 6.42 Å².